The molecule has 1 saturated carbocycles. The Morgan fingerprint density at radius 3 is 2.22 bits per heavy atom. The van der Waals surface area contributed by atoms with Gasteiger partial charge in [0.1, 0.15) is 11.5 Å². The number of carbonyl (C=O) groups excluding carboxylic acids is 4. The molecule has 16 heteroatoms. The number of hydrogen-bond donors (Lipinski definition) is 2. The lowest BCUT2D eigenvalue weighted by Gasteiger charge is -2.50. The number of anilines is 2. The minimum atomic E-state index is -4.77. The van der Waals surface area contributed by atoms with Gasteiger partial charge in [-0.25, -0.2) is 4.98 Å². The van der Waals surface area contributed by atoms with Gasteiger partial charge < -0.3 is 9.84 Å². The van der Waals surface area contributed by atoms with E-state index in [4.69, 9.17) is 39.5 Å². The summed E-state index contributed by atoms with van der Waals surface area (Å²) < 4.78 is 46.2. The number of ether oxygens (including phenoxy) is 1. The summed E-state index contributed by atoms with van der Waals surface area (Å²) in [7, 11) is 1.38. The van der Waals surface area contributed by atoms with Crippen molar-refractivity contribution in [3.8, 4) is 11.5 Å². The standard InChI is InChI=1S/C39H28Cl3F3N4O6/c1-55-29-4-2-3-28(50)31(29)32-23-13-14-24-30(36(53)48(34(24)51)22-11-9-21(41)10-12-22)25(23)16-26-35(52)49(37(54)38(26,32)18-5-7-20(40)8-6-18)47-33-27(42)15-19(17-46-33)39(43,44)45/h2-13,15,17,24-26,30,32,50H,14,16H2,1H3,(H,46,47). The van der Waals surface area contributed by atoms with E-state index in [2.05, 4.69) is 10.4 Å². The quantitative estimate of drug-likeness (QED) is 0.148. The van der Waals surface area contributed by atoms with Crippen LogP contribution in [0.25, 0.3) is 0 Å². The zero-order valence-corrected chi connectivity index (χ0v) is 30.7. The van der Waals surface area contributed by atoms with Crippen molar-refractivity contribution >= 4 is 69.9 Å². The Morgan fingerprint density at radius 1 is 0.909 bits per heavy atom. The Balaban J connectivity index is 1.33. The summed E-state index contributed by atoms with van der Waals surface area (Å²) in [6.07, 6.45) is -2.45. The Labute approximate surface area is 326 Å². The van der Waals surface area contributed by atoms with Crippen LogP contribution in [0.3, 0.4) is 0 Å². The van der Waals surface area contributed by atoms with Crippen LogP contribution in [-0.2, 0) is 30.8 Å². The van der Waals surface area contributed by atoms with Gasteiger partial charge in [-0.05, 0) is 78.9 Å². The molecular formula is C39H28Cl3F3N4O6. The molecule has 3 heterocycles. The summed E-state index contributed by atoms with van der Waals surface area (Å²) in [6, 6.07) is 17.7. The lowest BCUT2D eigenvalue weighted by atomic mass is 9.49. The maximum atomic E-state index is 15.3. The number of carbonyl (C=O) groups is 4. The van der Waals surface area contributed by atoms with Gasteiger partial charge in [0, 0.05) is 27.7 Å². The van der Waals surface area contributed by atoms with Crippen molar-refractivity contribution < 1.29 is 42.2 Å². The molecule has 0 bridgehead atoms. The third kappa shape index (κ3) is 5.57. The maximum Gasteiger partial charge on any atom is 0.417 e. The van der Waals surface area contributed by atoms with Crippen LogP contribution in [-0.4, -0.2) is 45.8 Å². The van der Waals surface area contributed by atoms with E-state index >= 15 is 4.79 Å². The molecule has 3 fully saturated rings. The SMILES string of the molecule is COc1cccc(O)c1C1C2=CCC3C(=O)N(c4ccc(Cl)cc4)C(=O)C3C2CC2C(=O)N(Nc3ncc(C(F)(F)F)cc3Cl)C(=O)C21c1ccc(Cl)cc1. The average Bonchev–Trinajstić information content (AvgIpc) is 3.53. The molecule has 282 valence electrons. The number of amides is 4. The third-order valence-corrected chi connectivity index (χ3v) is 12.0. The highest BCUT2D eigenvalue weighted by molar-refractivity contribution is 6.33. The van der Waals surface area contributed by atoms with Crippen molar-refractivity contribution in [3.05, 3.63) is 122 Å². The largest absolute Gasteiger partial charge is 0.508 e. The van der Waals surface area contributed by atoms with Crippen LogP contribution in [0, 0.1) is 23.7 Å². The molecule has 6 unspecified atom stereocenters. The summed E-state index contributed by atoms with van der Waals surface area (Å²) in [5, 5.41) is 12.6. The first kappa shape index (κ1) is 36.8. The predicted molar refractivity (Wildman–Crippen MR) is 195 cm³/mol. The molecule has 2 aliphatic heterocycles. The number of hydrogen-bond acceptors (Lipinski definition) is 8. The van der Waals surface area contributed by atoms with Crippen LogP contribution < -0.4 is 15.1 Å². The molecule has 2 saturated heterocycles. The fraction of sp³-hybridized carbons (Fsp3) is 0.256. The molecule has 4 aromatic rings. The highest BCUT2D eigenvalue weighted by Crippen LogP contribution is 2.66. The number of imide groups is 2. The number of aromatic hydroxyl groups is 1. The van der Waals surface area contributed by atoms with Gasteiger partial charge in [0.2, 0.25) is 11.8 Å². The third-order valence-electron chi connectivity index (χ3n) is 11.2. The van der Waals surface area contributed by atoms with Gasteiger partial charge in [0.25, 0.3) is 11.8 Å². The number of benzene rings is 3. The Morgan fingerprint density at radius 2 is 1.58 bits per heavy atom. The Bertz CT molecular complexity index is 2320. The van der Waals surface area contributed by atoms with Gasteiger partial charge >= 0.3 is 6.18 Å². The summed E-state index contributed by atoms with van der Waals surface area (Å²) in [5.74, 6) is -8.06. The van der Waals surface area contributed by atoms with E-state index in [1.165, 1.54) is 13.2 Å². The molecule has 6 atom stereocenters. The molecule has 0 spiro atoms. The van der Waals surface area contributed by atoms with Crippen molar-refractivity contribution in [1.82, 2.24) is 9.99 Å². The number of alkyl halides is 3. The van der Waals surface area contributed by atoms with Crippen LogP contribution in [0.4, 0.5) is 24.7 Å². The van der Waals surface area contributed by atoms with Crippen LogP contribution in [0.15, 0.2) is 90.6 Å². The monoisotopic (exact) mass is 810 g/mol. The number of phenols is 1. The summed E-state index contributed by atoms with van der Waals surface area (Å²) >= 11 is 18.7. The minimum Gasteiger partial charge on any atom is -0.508 e. The number of nitrogens with one attached hydrogen (secondary N) is 1. The van der Waals surface area contributed by atoms with Gasteiger partial charge in [0.05, 0.1) is 46.6 Å². The van der Waals surface area contributed by atoms with E-state index in [-0.39, 0.29) is 29.9 Å². The molecule has 1 aromatic heterocycles. The molecule has 3 aromatic carbocycles. The first-order valence-electron chi connectivity index (χ1n) is 17.0. The second-order valence-corrected chi connectivity index (χ2v) is 15.1. The van der Waals surface area contributed by atoms with Gasteiger partial charge in [-0.1, -0.05) is 64.7 Å². The molecular weight excluding hydrogens is 784 g/mol. The number of rotatable bonds is 6. The number of phenolic OH excluding ortho intramolecular Hbond substituents is 1. The number of methoxy groups -OCH3 is 1. The average molecular weight is 812 g/mol. The van der Waals surface area contributed by atoms with Crippen LogP contribution in [0.2, 0.25) is 15.1 Å². The number of aromatic nitrogens is 1. The van der Waals surface area contributed by atoms with E-state index in [1.807, 2.05) is 0 Å². The van der Waals surface area contributed by atoms with E-state index in [1.54, 1.807) is 66.7 Å². The van der Waals surface area contributed by atoms with Gasteiger partial charge in [-0.15, -0.1) is 0 Å². The molecule has 2 aliphatic carbocycles. The first-order chi connectivity index (χ1) is 26.2. The van der Waals surface area contributed by atoms with Crippen molar-refractivity contribution in [2.24, 2.45) is 23.7 Å². The molecule has 10 nitrogen and oxygen atoms in total. The van der Waals surface area contributed by atoms with Gasteiger partial charge in [-0.3, -0.25) is 29.5 Å². The molecule has 55 heavy (non-hydrogen) atoms. The zero-order valence-electron chi connectivity index (χ0n) is 28.5. The van der Waals surface area contributed by atoms with Crippen molar-refractivity contribution in [3.63, 3.8) is 0 Å². The highest BCUT2D eigenvalue weighted by atomic mass is 35.5. The van der Waals surface area contributed by atoms with Crippen molar-refractivity contribution in [2.75, 3.05) is 17.4 Å². The summed E-state index contributed by atoms with van der Waals surface area (Å²) in [5.41, 5.74) is 0.903. The van der Waals surface area contributed by atoms with E-state index in [0.717, 1.165) is 4.90 Å². The zero-order chi connectivity index (χ0) is 39.1. The number of allylic oxidation sites excluding steroid dienone is 2. The molecule has 8 rings (SSSR count). The second kappa shape index (κ2) is 13.3. The summed E-state index contributed by atoms with van der Waals surface area (Å²) in [6.45, 7) is 0. The van der Waals surface area contributed by atoms with Gasteiger partial charge in [-0.2, -0.15) is 18.2 Å². The fourth-order valence-corrected chi connectivity index (χ4v) is 9.40. The number of nitrogens with zero attached hydrogens (tertiary/aromatic N) is 3. The van der Waals surface area contributed by atoms with E-state index in [9.17, 15) is 32.7 Å². The highest BCUT2D eigenvalue weighted by Gasteiger charge is 2.71. The molecule has 2 N–H and O–H groups in total. The number of pyridine rings is 1. The second-order valence-electron chi connectivity index (χ2n) is 13.8. The van der Waals surface area contributed by atoms with Gasteiger partial charge in [0.15, 0.2) is 5.82 Å². The lowest BCUT2D eigenvalue weighted by molar-refractivity contribution is -0.139. The minimum absolute atomic E-state index is 0.105. The Kier molecular flexibility index (Phi) is 8.90. The van der Waals surface area contributed by atoms with Crippen molar-refractivity contribution in [1.29, 1.82) is 0 Å². The van der Waals surface area contributed by atoms with E-state index < -0.39 is 81.2 Å². The lowest BCUT2D eigenvalue weighted by Crippen LogP contribution is -2.53. The molecule has 4 aliphatic rings. The van der Waals surface area contributed by atoms with Crippen LogP contribution in [0.1, 0.15) is 35.4 Å². The van der Waals surface area contributed by atoms with Crippen LogP contribution >= 0.6 is 34.8 Å². The normalized spacial score (nSPS) is 26.1. The maximum absolute atomic E-state index is 15.3. The van der Waals surface area contributed by atoms with Crippen LogP contribution in [0.5, 0.6) is 11.5 Å². The number of halogens is 6. The summed E-state index contributed by atoms with van der Waals surface area (Å²) in [4.78, 5) is 63.6. The predicted octanol–water partition coefficient (Wildman–Crippen LogP) is 7.96. The fourth-order valence-electron chi connectivity index (χ4n) is 8.94. The smallest absolute Gasteiger partial charge is 0.417 e. The number of hydrazine groups is 1. The van der Waals surface area contributed by atoms with E-state index in [0.29, 0.717) is 44.1 Å². The number of fused-ring (bicyclic) bond motifs is 4. The molecule has 4 amide bonds. The van der Waals surface area contributed by atoms with Crippen molar-refractivity contribution in [2.45, 2.75) is 30.4 Å². The first-order valence-corrected chi connectivity index (χ1v) is 18.1. The molecule has 0 radical (unpaired) electrons. The Hall–Kier alpha value is -5.11. The topological polar surface area (TPSA) is 129 Å².